The Hall–Kier alpha value is -3.56. The summed E-state index contributed by atoms with van der Waals surface area (Å²) in [4.78, 5) is 27.7. The molecule has 0 unspecified atom stereocenters. The number of amides is 2. The third-order valence-corrected chi connectivity index (χ3v) is 7.31. The summed E-state index contributed by atoms with van der Waals surface area (Å²) >= 11 is 6.33. The van der Waals surface area contributed by atoms with E-state index in [2.05, 4.69) is 5.32 Å². The Bertz CT molecular complexity index is 1330. The van der Waals surface area contributed by atoms with E-state index in [0.29, 0.717) is 34.3 Å². The maximum atomic E-state index is 13.6. The number of rotatable bonds is 12. The molecule has 0 aliphatic heterocycles. The van der Waals surface area contributed by atoms with Crippen molar-refractivity contribution in [2.24, 2.45) is 0 Å². The summed E-state index contributed by atoms with van der Waals surface area (Å²) in [7, 11) is -3.84. The fraction of sp³-hybridized carbons (Fsp3) is 0.286. The molecule has 8 nitrogen and oxygen atoms in total. The Morgan fingerprint density at radius 3 is 2.16 bits per heavy atom. The zero-order valence-electron chi connectivity index (χ0n) is 21.6. The van der Waals surface area contributed by atoms with E-state index < -0.39 is 28.5 Å². The summed E-state index contributed by atoms with van der Waals surface area (Å²) in [5.41, 5.74) is 0.938. The molecule has 0 aliphatic rings. The van der Waals surface area contributed by atoms with Gasteiger partial charge in [-0.05, 0) is 61.4 Å². The maximum Gasteiger partial charge on any atom is 0.244 e. The van der Waals surface area contributed by atoms with Crippen LogP contribution in [-0.2, 0) is 26.2 Å². The highest BCUT2D eigenvalue weighted by Gasteiger charge is 2.30. The predicted octanol–water partition coefficient (Wildman–Crippen LogP) is 4.84. The maximum absolute atomic E-state index is 13.6. The first-order chi connectivity index (χ1) is 18.1. The minimum Gasteiger partial charge on any atom is -0.457 e. The molecule has 0 aromatic heterocycles. The van der Waals surface area contributed by atoms with Crippen LogP contribution in [0, 0.1) is 0 Å². The standard InChI is InChI=1S/C28H32ClN3O5S/c1-4-18-30-28(34)21(2)31(19-22-10-8-9-13-26(22)29)27(33)20-32(38(3,35)36)23-14-16-25(17-15-23)37-24-11-6-5-7-12-24/h5-17,21H,4,18-20H2,1-3H3,(H,30,34)/t21-/m0/s1. The molecule has 38 heavy (non-hydrogen) atoms. The van der Waals surface area contributed by atoms with E-state index in [0.717, 1.165) is 17.0 Å². The van der Waals surface area contributed by atoms with E-state index in [-0.39, 0.29) is 12.5 Å². The summed E-state index contributed by atoms with van der Waals surface area (Å²) in [6.07, 6.45) is 1.77. The first kappa shape index (κ1) is 29.0. The summed E-state index contributed by atoms with van der Waals surface area (Å²) in [5.74, 6) is 0.280. The van der Waals surface area contributed by atoms with Gasteiger partial charge in [0.25, 0.3) is 0 Å². The number of carbonyl (C=O) groups excluding carboxylic acids is 2. The number of halogens is 1. The first-order valence-corrected chi connectivity index (χ1v) is 14.4. The van der Waals surface area contributed by atoms with Crippen LogP contribution < -0.4 is 14.4 Å². The number of para-hydroxylation sites is 1. The van der Waals surface area contributed by atoms with Crippen molar-refractivity contribution in [3.63, 3.8) is 0 Å². The van der Waals surface area contributed by atoms with Crippen molar-refractivity contribution in [3.05, 3.63) is 89.4 Å². The second-order valence-electron chi connectivity index (χ2n) is 8.76. The van der Waals surface area contributed by atoms with E-state index in [4.69, 9.17) is 16.3 Å². The molecule has 202 valence electrons. The summed E-state index contributed by atoms with van der Waals surface area (Å²) < 4.78 is 32.3. The number of anilines is 1. The van der Waals surface area contributed by atoms with Crippen molar-refractivity contribution in [2.45, 2.75) is 32.9 Å². The zero-order valence-corrected chi connectivity index (χ0v) is 23.2. The minimum absolute atomic E-state index is 0.0423. The molecular formula is C28H32ClN3O5S. The van der Waals surface area contributed by atoms with Crippen LogP contribution >= 0.6 is 11.6 Å². The van der Waals surface area contributed by atoms with Crippen LogP contribution in [-0.4, -0.2) is 50.5 Å². The summed E-state index contributed by atoms with van der Waals surface area (Å²) in [6.45, 7) is 3.55. The number of carbonyl (C=O) groups is 2. The highest BCUT2D eigenvalue weighted by Crippen LogP contribution is 2.26. The van der Waals surface area contributed by atoms with Crippen LogP contribution in [0.5, 0.6) is 11.5 Å². The largest absolute Gasteiger partial charge is 0.457 e. The van der Waals surface area contributed by atoms with Gasteiger partial charge in [0.05, 0.1) is 11.9 Å². The average Bonchev–Trinajstić information content (AvgIpc) is 2.90. The van der Waals surface area contributed by atoms with Gasteiger partial charge in [-0.2, -0.15) is 0 Å². The number of nitrogens with zero attached hydrogens (tertiary/aromatic N) is 2. The van der Waals surface area contributed by atoms with E-state index in [9.17, 15) is 18.0 Å². The van der Waals surface area contributed by atoms with Crippen LogP contribution in [0.2, 0.25) is 5.02 Å². The van der Waals surface area contributed by atoms with E-state index in [1.165, 1.54) is 4.90 Å². The molecular weight excluding hydrogens is 526 g/mol. The molecule has 2 amide bonds. The van der Waals surface area contributed by atoms with Crippen LogP contribution in [0.1, 0.15) is 25.8 Å². The van der Waals surface area contributed by atoms with Gasteiger partial charge in [0.15, 0.2) is 0 Å². The number of nitrogens with one attached hydrogen (secondary N) is 1. The Balaban J connectivity index is 1.86. The monoisotopic (exact) mass is 557 g/mol. The molecule has 0 aliphatic carbocycles. The second-order valence-corrected chi connectivity index (χ2v) is 11.1. The Morgan fingerprint density at radius 1 is 0.947 bits per heavy atom. The zero-order chi connectivity index (χ0) is 27.7. The van der Waals surface area contributed by atoms with E-state index in [1.807, 2.05) is 25.1 Å². The van der Waals surface area contributed by atoms with Gasteiger partial charge in [-0.3, -0.25) is 13.9 Å². The SMILES string of the molecule is CCCNC(=O)[C@H](C)N(Cc1ccccc1Cl)C(=O)CN(c1ccc(Oc2ccccc2)cc1)S(C)(=O)=O. The molecule has 3 aromatic carbocycles. The van der Waals surface area contributed by atoms with Gasteiger partial charge in [-0.15, -0.1) is 0 Å². The number of hydrogen-bond acceptors (Lipinski definition) is 5. The molecule has 0 spiro atoms. The predicted molar refractivity (Wildman–Crippen MR) is 150 cm³/mol. The van der Waals surface area contributed by atoms with E-state index >= 15 is 0 Å². The number of ether oxygens (including phenoxy) is 1. The van der Waals surface area contributed by atoms with Crippen molar-refractivity contribution in [3.8, 4) is 11.5 Å². The third-order valence-electron chi connectivity index (χ3n) is 5.80. The lowest BCUT2D eigenvalue weighted by Gasteiger charge is -2.31. The molecule has 0 radical (unpaired) electrons. The van der Waals surface area contributed by atoms with Crippen molar-refractivity contribution < 1.29 is 22.7 Å². The van der Waals surface area contributed by atoms with Crippen molar-refractivity contribution >= 4 is 39.1 Å². The van der Waals surface area contributed by atoms with Crippen LogP contribution in [0.3, 0.4) is 0 Å². The van der Waals surface area contributed by atoms with Crippen molar-refractivity contribution in [1.82, 2.24) is 10.2 Å². The lowest BCUT2D eigenvalue weighted by Crippen LogP contribution is -2.51. The van der Waals surface area contributed by atoms with E-state index in [1.54, 1.807) is 67.6 Å². The quantitative estimate of drug-likeness (QED) is 0.344. The Kier molecular flexibility index (Phi) is 10.2. The molecule has 3 rings (SSSR count). The third kappa shape index (κ3) is 7.97. The minimum atomic E-state index is -3.84. The summed E-state index contributed by atoms with van der Waals surface area (Å²) in [5, 5.41) is 3.24. The average molecular weight is 558 g/mol. The molecule has 1 atom stereocenters. The fourth-order valence-corrected chi connectivity index (χ4v) is 4.75. The number of hydrogen-bond donors (Lipinski definition) is 1. The number of sulfonamides is 1. The van der Waals surface area contributed by atoms with Gasteiger partial charge >= 0.3 is 0 Å². The second kappa shape index (κ2) is 13.3. The van der Waals surface area contributed by atoms with Crippen molar-refractivity contribution in [2.75, 3.05) is 23.7 Å². The molecule has 0 heterocycles. The van der Waals surface area contributed by atoms with Gasteiger partial charge in [0, 0.05) is 18.1 Å². The van der Waals surface area contributed by atoms with Crippen LogP contribution in [0.15, 0.2) is 78.9 Å². The van der Waals surface area contributed by atoms with Gasteiger partial charge in [-0.1, -0.05) is 54.9 Å². The van der Waals surface area contributed by atoms with Crippen LogP contribution in [0.25, 0.3) is 0 Å². The first-order valence-electron chi connectivity index (χ1n) is 12.2. The normalized spacial score (nSPS) is 11.9. The van der Waals surface area contributed by atoms with Crippen LogP contribution in [0.4, 0.5) is 5.69 Å². The van der Waals surface area contributed by atoms with Gasteiger partial charge < -0.3 is 15.0 Å². The smallest absolute Gasteiger partial charge is 0.244 e. The van der Waals surface area contributed by atoms with Gasteiger partial charge in [0.1, 0.15) is 24.1 Å². The lowest BCUT2D eigenvalue weighted by atomic mass is 10.1. The highest BCUT2D eigenvalue weighted by molar-refractivity contribution is 7.92. The molecule has 0 bridgehead atoms. The summed E-state index contributed by atoms with van der Waals surface area (Å²) in [6, 6.07) is 21.8. The topological polar surface area (TPSA) is 96.0 Å². The van der Waals surface area contributed by atoms with Gasteiger partial charge in [-0.25, -0.2) is 8.42 Å². The molecule has 10 heteroatoms. The Morgan fingerprint density at radius 2 is 1.55 bits per heavy atom. The lowest BCUT2D eigenvalue weighted by molar-refractivity contribution is -0.139. The Labute approximate surface area is 229 Å². The highest BCUT2D eigenvalue weighted by atomic mass is 35.5. The number of benzene rings is 3. The fourth-order valence-electron chi connectivity index (χ4n) is 3.71. The van der Waals surface area contributed by atoms with Crippen molar-refractivity contribution in [1.29, 1.82) is 0 Å². The molecule has 3 aromatic rings. The van der Waals surface area contributed by atoms with Gasteiger partial charge in [0.2, 0.25) is 21.8 Å². The molecule has 0 saturated carbocycles. The molecule has 1 N–H and O–H groups in total. The molecule has 0 fully saturated rings. The molecule has 0 saturated heterocycles.